The third kappa shape index (κ3) is 5.32. The molecule has 1 amide bonds. The number of nitrogens with one attached hydrogen (secondary N) is 1. The molecule has 3 rings (SSSR count). The second-order valence-corrected chi connectivity index (χ2v) is 8.18. The number of carbonyl (C=O) groups excluding carboxylic acids is 1. The normalized spacial score (nSPS) is 10.9. The van der Waals surface area contributed by atoms with Crippen LogP contribution in [0.2, 0.25) is 0 Å². The zero-order valence-corrected chi connectivity index (χ0v) is 16.7. The quantitative estimate of drug-likeness (QED) is 0.616. The van der Waals surface area contributed by atoms with Gasteiger partial charge in [0.1, 0.15) is 5.75 Å². The van der Waals surface area contributed by atoms with Crippen molar-refractivity contribution in [1.82, 2.24) is 10.3 Å². The number of hydrogen-bond acceptors (Lipinski definition) is 5. The molecular formula is C21H21N3O4S. The fourth-order valence-electron chi connectivity index (χ4n) is 2.54. The van der Waals surface area contributed by atoms with Crippen molar-refractivity contribution in [2.24, 2.45) is 0 Å². The van der Waals surface area contributed by atoms with Gasteiger partial charge in [-0.15, -0.1) is 0 Å². The predicted octanol–water partition coefficient (Wildman–Crippen LogP) is 2.60. The van der Waals surface area contributed by atoms with Crippen LogP contribution in [0.3, 0.4) is 0 Å². The Balaban J connectivity index is 1.55. The van der Waals surface area contributed by atoms with E-state index >= 15 is 0 Å². The van der Waals surface area contributed by atoms with Crippen LogP contribution >= 0.6 is 0 Å². The lowest BCUT2D eigenvalue weighted by molar-refractivity contribution is -0.123. The van der Waals surface area contributed by atoms with Gasteiger partial charge in [-0.05, 0) is 48.0 Å². The minimum absolute atomic E-state index is 0.141. The van der Waals surface area contributed by atoms with E-state index in [-0.39, 0.29) is 17.4 Å². The van der Waals surface area contributed by atoms with E-state index in [1.165, 1.54) is 11.4 Å². The second-order valence-electron chi connectivity index (χ2n) is 6.21. The van der Waals surface area contributed by atoms with Crippen molar-refractivity contribution in [2.45, 2.75) is 11.4 Å². The Labute approximate surface area is 170 Å². The summed E-state index contributed by atoms with van der Waals surface area (Å²) in [5.74, 6) is 0.206. The maximum atomic E-state index is 12.7. The fraction of sp³-hybridized carbons (Fsp3) is 0.143. The molecule has 0 spiro atoms. The minimum Gasteiger partial charge on any atom is -0.484 e. The van der Waals surface area contributed by atoms with Crippen molar-refractivity contribution in [1.29, 1.82) is 0 Å². The minimum atomic E-state index is -3.64. The molecule has 0 atom stereocenters. The van der Waals surface area contributed by atoms with E-state index in [2.05, 4.69) is 10.3 Å². The highest BCUT2D eigenvalue weighted by Gasteiger charge is 2.20. The highest BCUT2D eigenvalue weighted by molar-refractivity contribution is 7.92. The average molecular weight is 411 g/mol. The maximum Gasteiger partial charge on any atom is 0.264 e. The average Bonchev–Trinajstić information content (AvgIpc) is 2.77. The zero-order valence-electron chi connectivity index (χ0n) is 15.9. The molecule has 8 heteroatoms. The van der Waals surface area contributed by atoms with Crippen LogP contribution in [0, 0.1) is 0 Å². The molecule has 0 bridgehead atoms. The monoisotopic (exact) mass is 411 g/mol. The lowest BCUT2D eigenvalue weighted by Gasteiger charge is -2.19. The van der Waals surface area contributed by atoms with Crippen LogP contribution in [0.15, 0.2) is 84.0 Å². The van der Waals surface area contributed by atoms with Gasteiger partial charge in [-0.3, -0.25) is 14.1 Å². The van der Waals surface area contributed by atoms with Crippen molar-refractivity contribution >= 4 is 21.6 Å². The molecule has 2 aromatic carbocycles. The Morgan fingerprint density at radius 3 is 2.41 bits per heavy atom. The van der Waals surface area contributed by atoms with Gasteiger partial charge < -0.3 is 10.1 Å². The van der Waals surface area contributed by atoms with Crippen LogP contribution in [0.5, 0.6) is 5.75 Å². The number of nitrogens with zero attached hydrogens (tertiary/aromatic N) is 2. The van der Waals surface area contributed by atoms with Gasteiger partial charge in [-0.1, -0.05) is 24.3 Å². The summed E-state index contributed by atoms with van der Waals surface area (Å²) in [6.07, 6.45) is 3.35. The van der Waals surface area contributed by atoms with Crippen LogP contribution in [0.4, 0.5) is 5.69 Å². The summed E-state index contributed by atoms with van der Waals surface area (Å²) in [4.78, 5) is 16.1. The molecule has 0 radical (unpaired) electrons. The molecule has 3 aromatic rings. The Morgan fingerprint density at radius 1 is 1.03 bits per heavy atom. The molecule has 0 saturated carbocycles. The number of pyridine rings is 1. The highest BCUT2D eigenvalue weighted by atomic mass is 32.2. The van der Waals surface area contributed by atoms with Gasteiger partial charge in [-0.2, -0.15) is 0 Å². The van der Waals surface area contributed by atoms with Crippen molar-refractivity contribution < 1.29 is 17.9 Å². The van der Waals surface area contributed by atoms with Crippen LogP contribution in [-0.2, 0) is 21.4 Å². The number of ether oxygens (including phenoxy) is 1. The first-order valence-corrected chi connectivity index (χ1v) is 10.3. The number of anilines is 1. The highest BCUT2D eigenvalue weighted by Crippen LogP contribution is 2.24. The van der Waals surface area contributed by atoms with E-state index in [1.54, 1.807) is 73.1 Å². The molecule has 0 aliphatic heterocycles. The first-order chi connectivity index (χ1) is 14.0. The van der Waals surface area contributed by atoms with Crippen molar-refractivity contribution in [3.05, 3.63) is 84.7 Å². The maximum absolute atomic E-state index is 12.7. The smallest absolute Gasteiger partial charge is 0.264 e. The SMILES string of the molecule is CN(c1ccc(OCC(=O)NCc2cccnc2)cc1)S(=O)(=O)c1ccccc1. The number of carbonyl (C=O) groups is 1. The summed E-state index contributed by atoms with van der Waals surface area (Å²) >= 11 is 0. The third-order valence-corrected chi connectivity index (χ3v) is 5.98. The van der Waals surface area contributed by atoms with Crippen LogP contribution in [0.25, 0.3) is 0 Å². The van der Waals surface area contributed by atoms with E-state index in [9.17, 15) is 13.2 Å². The molecular weight excluding hydrogens is 390 g/mol. The van der Waals surface area contributed by atoms with E-state index in [0.717, 1.165) is 5.56 Å². The molecule has 0 saturated heterocycles. The summed E-state index contributed by atoms with van der Waals surface area (Å²) in [6, 6.07) is 18.4. The lowest BCUT2D eigenvalue weighted by atomic mass is 10.3. The number of hydrogen-bond donors (Lipinski definition) is 1. The second kappa shape index (κ2) is 9.20. The van der Waals surface area contributed by atoms with E-state index in [4.69, 9.17) is 4.74 Å². The Hall–Kier alpha value is -3.39. The number of aromatic nitrogens is 1. The summed E-state index contributed by atoms with van der Waals surface area (Å²) in [6.45, 7) is 0.231. The van der Waals surface area contributed by atoms with Gasteiger partial charge in [-0.25, -0.2) is 8.42 Å². The predicted molar refractivity (Wildman–Crippen MR) is 110 cm³/mol. The Kier molecular flexibility index (Phi) is 6.46. The summed E-state index contributed by atoms with van der Waals surface area (Å²) in [5, 5.41) is 2.75. The Bertz CT molecular complexity index is 1040. The molecule has 1 aromatic heterocycles. The van der Waals surface area contributed by atoms with Gasteiger partial charge in [0.2, 0.25) is 0 Å². The number of benzene rings is 2. The first-order valence-electron chi connectivity index (χ1n) is 8.89. The van der Waals surface area contributed by atoms with Crippen molar-refractivity contribution in [2.75, 3.05) is 18.0 Å². The molecule has 7 nitrogen and oxygen atoms in total. The molecule has 150 valence electrons. The largest absolute Gasteiger partial charge is 0.484 e. The van der Waals surface area contributed by atoms with Gasteiger partial charge in [0.25, 0.3) is 15.9 Å². The number of amides is 1. The molecule has 1 heterocycles. The summed E-state index contributed by atoms with van der Waals surface area (Å²) in [5.41, 5.74) is 1.38. The molecule has 1 N–H and O–H groups in total. The summed E-state index contributed by atoms with van der Waals surface area (Å²) < 4.78 is 32.0. The van der Waals surface area contributed by atoms with Gasteiger partial charge in [0, 0.05) is 26.0 Å². The molecule has 29 heavy (non-hydrogen) atoms. The molecule has 0 fully saturated rings. The first kappa shape index (κ1) is 20.3. The lowest BCUT2D eigenvalue weighted by Crippen LogP contribution is -2.28. The van der Waals surface area contributed by atoms with E-state index in [1.807, 2.05) is 6.07 Å². The van der Waals surface area contributed by atoms with Gasteiger partial charge >= 0.3 is 0 Å². The fourth-order valence-corrected chi connectivity index (χ4v) is 3.76. The van der Waals surface area contributed by atoms with Crippen molar-refractivity contribution in [3.63, 3.8) is 0 Å². The third-order valence-electron chi connectivity index (χ3n) is 4.18. The van der Waals surface area contributed by atoms with Crippen LogP contribution in [-0.4, -0.2) is 33.0 Å². The molecule has 0 aliphatic carbocycles. The Morgan fingerprint density at radius 2 is 1.76 bits per heavy atom. The molecule has 0 unspecified atom stereocenters. The zero-order chi connectivity index (χ0) is 20.7. The van der Waals surface area contributed by atoms with Crippen LogP contribution in [0.1, 0.15) is 5.56 Å². The summed E-state index contributed by atoms with van der Waals surface area (Å²) in [7, 11) is -2.15. The van der Waals surface area contributed by atoms with E-state index < -0.39 is 10.0 Å². The standard InChI is InChI=1S/C21H21N3O4S/c1-24(29(26,27)20-7-3-2-4-8-20)18-9-11-19(12-10-18)28-16-21(25)23-15-17-6-5-13-22-14-17/h2-14H,15-16H2,1H3,(H,23,25). The molecule has 0 aliphatic rings. The van der Waals surface area contributed by atoms with Gasteiger partial charge in [0.15, 0.2) is 6.61 Å². The van der Waals surface area contributed by atoms with Crippen LogP contribution < -0.4 is 14.4 Å². The number of sulfonamides is 1. The van der Waals surface area contributed by atoms with E-state index in [0.29, 0.717) is 18.0 Å². The van der Waals surface area contributed by atoms with Crippen molar-refractivity contribution in [3.8, 4) is 5.75 Å². The van der Waals surface area contributed by atoms with Gasteiger partial charge in [0.05, 0.1) is 10.6 Å². The number of rotatable bonds is 8. The topological polar surface area (TPSA) is 88.6 Å².